The molecule has 1 aliphatic heterocycles. The van der Waals surface area contributed by atoms with Gasteiger partial charge in [-0.15, -0.1) is 11.3 Å². The average Bonchev–Trinajstić information content (AvgIpc) is 3.19. The second kappa shape index (κ2) is 9.48. The van der Waals surface area contributed by atoms with Crippen LogP contribution in [-0.4, -0.2) is 43.9 Å². The zero-order chi connectivity index (χ0) is 22.7. The normalized spacial score (nSPS) is 14.1. The number of methoxy groups -OCH3 is 2. The summed E-state index contributed by atoms with van der Waals surface area (Å²) in [6.45, 7) is 7.18. The number of ether oxygens (including phenoxy) is 4. The van der Waals surface area contributed by atoms with Crippen molar-refractivity contribution in [3.05, 3.63) is 52.1 Å². The Morgan fingerprint density at radius 2 is 1.81 bits per heavy atom. The van der Waals surface area contributed by atoms with Gasteiger partial charge in [0.05, 0.1) is 25.6 Å². The van der Waals surface area contributed by atoms with Crippen LogP contribution in [0, 0.1) is 0 Å². The van der Waals surface area contributed by atoms with Gasteiger partial charge >= 0.3 is 0 Å². The van der Waals surface area contributed by atoms with Gasteiger partial charge in [0.25, 0.3) is 0 Å². The molecule has 0 unspecified atom stereocenters. The van der Waals surface area contributed by atoms with E-state index in [0.717, 1.165) is 50.3 Å². The third-order valence-corrected chi connectivity index (χ3v) is 5.78. The van der Waals surface area contributed by atoms with Crippen LogP contribution in [0.25, 0.3) is 11.3 Å². The standard InChI is InChI=1S/C24H27N3O4S/c1-15(2)25-24-27(20(14-32-24)19-13-18(28-4)7-9-21(19)29-5)26-16(3)17-6-8-22-23(12-17)31-11-10-30-22/h6-9,12-15H,10-11H2,1-5H3. The predicted molar refractivity (Wildman–Crippen MR) is 127 cm³/mol. The number of rotatable bonds is 6. The molecule has 0 aliphatic carbocycles. The molecule has 0 saturated carbocycles. The first-order chi connectivity index (χ1) is 15.5. The van der Waals surface area contributed by atoms with Crippen LogP contribution < -0.4 is 23.7 Å². The lowest BCUT2D eigenvalue weighted by atomic mass is 10.1. The maximum Gasteiger partial charge on any atom is 0.206 e. The summed E-state index contributed by atoms with van der Waals surface area (Å²) in [6, 6.07) is 11.7. The van der Waals surface area contributed by atoms with Gasteiger partial charge in [-0.2, -0.15) is 5.10 Å². The Morgan fingerprint density at radius 1 is 1.03 bits per heavy atom. The molecule has 7 nitrogen and oxygen atoms in total. The third kappa shape index (κ3) is 4.50. The SMILES string of the molecule is COc1ccc(OC)c(-c2csc(=NC(C)C)n2N=C(C)c2ccc3c(c2)OCCO3)c1. The Balaban J connectivity index is 1.86. The molecule has 0 spiro atoms. The summed E-state index contributed by atoms with van der Waals surface area (Å²) in [7, 11) is 3.31. The Kier molecular flexibility index (Phi) is 6.50. The first-order valence-corrected chi connectivity index (χ1v) is 11.3. The fourth-order valence-corrected chi connectivity index (χ4v) is 4.34. The Bertz CT molecular complexity index is 1210. The molecule has 2 aromatic carbocycles. The average molecular weight is 454 g/mol. The Labute approximate surface area is 191 Å². The van der Waals surface area contributed by atoms with E-state index < -0.39 is 0 Å². The smallest absolute Gasteiger partial charge is 0.206 e. The Morgan fingerprint density at radius 3 is 2.53 bits per heavy atom. The number of thiazole rings is 1. The maximum absolute atomic E-state index is 5.74. The summed E-state index contributed by atoms with van der Waals surface area (Å²) >= 11 is 1.54. The number of hydrogen-bond donors (Lipinski definition) is 0. The summed E-state index contributed by atoms with van der Waals surface area (Å²) in [5, 5.41) is 7.00. The lowest BCUT2D eigenvalue weighted by Crippen LogP contribution is -2.17. The number of fused-ring (bicyclic) bond motifs is 1. The summed E-state index contributed by atoms with van der Waals surface area (Å²) < 4.78 is 24.3. The number of nitrogens with zero attached hydrogens (tertiary/aromatic N) is 3. The van der Waals surface area contributed by atoms with Crippen molar-refractivity contribution in [2.75, 3.05) is 27.4 Å². The van der Waals surface area contributed by atoms with Gasteiger partial charge in [-0.25, -0.2) is 4.68 Å². The molecule has 168 valence electrons. The highest BCUT2D eigenvalue weighted by molar-refractivity contribution is 7.07. The second-order valence-electron chi connectivity index (χ2n) is 7.55. The molecule has 0 amide bonds. The minimum atomic E-state index is 0.129. The number of benzene rings is 2. The minimum absolute atomic E-state index is 0.129. The van der Waals surface area contributed by atoms with Gasteiger partial charge in [-0.3, -0.25) is 4.99 Å². The quantitative estimate of drug-likeness (QED) is 0.512. The van der Waals surface area contributed by atoms with Crippen LogP contribution in [0.2, 0.25) is 0 Å². The molecule has 0 atom stereocenters. The molecule has 8 heteroatoms. The largest absolute Gasteiger partial charge is 0.497 e. The zero-order valence-corrected chi connectivity index (χ0v) is 19.7. The van der Waals surface area contributed by atoms with Crippen LogP contribution >= 0.6 is 11.3 Å². The first kappa shape index (κ1) is 22.0. The molecular weight excluding hydrogens is 426 g/mol. The monoisotopic (exact) mass is 453 g/mol. The molecular formula is C24H27N3O4S. The summed E-state index contributed by atoms with van der Waals surface area (Å²) in [6.07, 6.45) is 0. The van der Waals surface area contributed by atoms with Crippen LogP contribution in [0.1, 0.15) is 26.3 Å². The van der Waals surface area contributed by atoms with Gasteiger partial charge in [0.1, 0.15) is 24.7 Å². The zero-order valence-electron chi connectivity index (χ0n) is 18.9. The van der Waals surface area contributed by atoms with E-state index in [-0.39, 0.29) is 6.04 Å². The molecule has 1 aromatic heterocycles. The van der Waals surface area contributed by atoms with Crippen molar-refractivity contribution in [2.45, 2.75) is 26.8 Å². The lowest BCUT2D eigenvalue weighted by Gasteiger charge is -2.18. The molecule has 2 heterocycles. The van der Waals surface area contributed by atoms with E-state index in [9.17, 15) is 0 Å². The van der Waals surface area contributed by atoms with E-state index in [1.165, 1.54) is 0 Å². The molecule has 0 N–H and O–H groups in total. The second-order valence-corrected chi connectivity index (χ2v) is 8.38. The van der Waals surface area contributed by atoms with E-state index in [2.05, 4.69) is 0 Å². The molecule has 0 fully saturated rings. The van der Waals surface area contributed by atoms with Crippen molar-refractivity contribution >= 4 is 17.0 Å². The fraction of sp³-hybridized carbons (Fsp3) is 0.333. The van der Waals surface area contributed by atoms with Crippen molar-refractivity contribution in [3.8, 4) is 34.3 Å². The van der Waals surface area contributed by atoms with Crippen molar-refractivity contribution in [1.29, 1.82) is 0 Å². The molecule has 0 bridgehead atoms. The molecule has 3 aromatic rings. The van der Waals surface area contributed by atoms with E-state index in [4.69, 9.17) is 29.0 Å². The molecule has 32 heavy (non-hydrogen) atoms. The lowest BCUT2D eigenvalue weighted by molar-refractivity contribution is 0.171. The van der Waals surface area contributed by atoms with Crippen molar-refractivity contribution in [1.82, 2.24) is 4.68 Å². The van der Waals surface area contributed by atoms with Crippen molar-refractivity contribution in [2.24, 2.45) is 10.1 Å². The van der Waals surface area contributed by atoms with Crippen molar-refractivity contribution < 1.29 is 18.9 Å². The molecule has 1 aliphatic rings. The van der Waals surface area contributed by atoms with Gasteiger partial charge in [-0.05, 0) is 57.2 Å². The highest BCUT2D eigenvalue weighted by Crippen LogP contribution is 2.34. The van der Waals surface area contributed by atoms with Gasteiger partial charge in [0.2, 0.25) is 4.80 Å². The van der Waals surface area contributed by atoms with E-state index in [0.29, 0.717) is 13.2 Å². The van der Waals surface area contributed by atoms with Gasteiger partial charge < -0.3 is 18.9 Å². The molecule has 0 saturated heterocycles. The summed E-state index contributed by atoms with van der Waals surface area (Å²) in [4.78, 5) is 5.58. The number of aromatic nitrogens is 1. The van der Waals surface area contributed by atoms with E-state index >= 15 is 0 Å². The van der Waals surface area contributed by atoms with E-state index in [1.54, 1.807) is 25.6 Å². The maximum atomic E-state index is 5.74. The van der Waals surface area contributed by atoms with Crippen molar-refractivity contribution in [3.63, 3.8) is 0 Å². The number of hydrogen-bond acceptors (Lipinski definition) is 7. The first-order valence-electron chi connectivity index (χ1n) is 10.4. The fourth-order valence-electron chi connectivity index (χ4n) is 3.38. The van der Waals surface area contributed by atoms with E-state index in [1.807, 2.05) is 67.2 Å². The highest BCUT2D eigenvalue weighted by Gasteiger charge is 2.16. The third-order valence-electron chi connectivity index (χ3n) is 4.95. The van der Waals surface area contributed by atoms with Crippen LogP contribution in [0.5, 0.6) is 23.0 Å². The summed E-state index contributed by atoms with van der Waals surface area (Å²) in [5.41, 5.74) is 3.54. The van der Waals surface area contributed by atoms with Gasteiger partial charge in [0.15, 0.2) is 11.5 Å². The predicted octanol–water partition coefficient (Wildman–Crippen LogP) is 4.59. The van der Waals surface area contributed by atoms with Crippen LogP contribution in [-0.2, 0) is 0 Å². The highest BCUT2D eigenvalue weighted by atomic mass is 32.1. The van der Waals surface area contributed by atoms with Crippen LogP contribution in [0.15, 0.2) is 51.9 Å². The Hall–Kier alpha value is -3.26. The molecule has 0 radical (unpaired) electrons. The van der Waals surface area contributed by atoms with Crippen LogP contribution in [0.4, 0.5) is 0 Å². The minimum Gasteiger partial charge on any atom is -0.497 e. The summed E-state index contributed by atoms with van der Waals surface area (Å²) in [5.74, 6) is 2.97. The van der Waals surface area contributed by atoms with Gasteiger partial charge in [0, 0.05) is 22.5 Å². The van der Waals surface area contributed by atoms with Crippen LogP contribution in [0.3, 0.4) is 0 Å². The molecule has 4 rings (SSSR count). The van der Waals surface area contributed by atoms with Gasteiger partial charge in [-0.1, -0.05) is 0 Å². The topological polar surface area (TPSA) is 66.6 Å².